The van der Waals surface area contributed by atoms with E-state index in [1.54, 1.807) is 13.2 Å². The van der Waals surface area contributed by atoms with E-state index in [-0.39, 0.29) is 6.10 Å². The van der Waals surface area contributed by atoms with Crippen molar-refractivity contribution >= 4 is 11.6 Å². The number of rotatable bonds is 5. The summed E-state index contributed by atoms with van der Waals surface area (Å²) in [5, 5.41) is 9.97. The first-order valence-corrected chi connectivity index (χ1v) is 6.49. The predicted molar refractivity (Wildman–Crippen MR) is 75.0 cm³/mol. The van der Waals surface area contributed by atoms with Gasteiger partial charge in [0.15, 0.2) is 0 Å². The van der Waals surface area contributed by atoms with Gasteiger partial charge in [-0.1, -0.05) is 17.7 Å². The van der Waals surface area contributed by atoms with Gasteiger partial charge < -0.3 is 9.52 Å². The standard InChI is InChI=1S/C14H17ClN2O2/c1-10(18)7-17(2)8-13-9-19-14(16-13)11-4-3-5-12(15)6-11/h3-6,9-10,18H,7-8H2,1-2H3. The number of oxazole rings is 1. The highest BCUT2D eigenvalue weighted by Crippen LogP contribution is 2.22. The third kappa shape index (κ3) is 4.06. The van der Waals surface area contributed by atoms with E-state index in [1.165, 1.54) is 0 Å². The lowest BCUT2D eigenvalue weighted by Gasteiger charge is -2.16. The highest BCUT2D eigenvalue weighted by atomic mass is 35.5. The monoisotopic (exact) mass is 280 g/mol. The Hall–Kier alpha value is -1.36. The Morgan fingerprint density at radius 2 is 2.26 bits per heavy atom. The average molecular weight is 281 g/mol. The quantitative estimate of drug-likeness (QED) is 0.915. The molecular weight excluding hydrogens is 264 g/mol. The van der Waals surface area contributed by atoms with E-state index >= 15 is 0 Å². The fourth-order valence-corrected chi connectivity index (χ4v) is 2.12. The van der Waals surface area contributed by atoms with E-state index in [9.17, 15) is 5.11 Å². The lowest BCUT2D eigenvalue weighted by Crippen LogP contribution is -2.26. The Morgan fingerprint density at radius 1 is 1.47 bits per heavy atom. The van der Waals surface area contributed by atoms with Crippen molar-refractivity contribution < 1.29 is 9.52 Å². The van der Waals surface area contributed by atoms with Crippen LogP contribution < -0.4 is 0 Å². The highest BCUT2D eigenvalue weighted by molar-refractivity contribution is 6.30. The normalized spacial score (nSPS) is 12.9. The van der Waals surface area contributed by atoms with Crippen LogP contribution in [0.25, 0.3) is 11.5 Å². The second-order valence-corrected chi connectivity index (χ2v) is 5.14. The van der Waals surface area contributed by atoms with Crippen LogP contribution in [0.4, 0.5) is 0 Å². The summed E-state index contributed by atoms with van der Waals surface area (Å²) in [6, 6.07) is 7.39. The lowest BCUT2D eigenvalue weighted by atomic mass is 10.2. The van der Waals surface area contributed by atoms with Crippen molar-refractivity contribution in [3.05, 3.63) is 41.2 Å². The van der Waals surface area contributed by atoms with Crippen LogP contribution in [-0.2, 0) is 6.54 Å². The summed E-state index contributed by atoms with van der Waals surface area (Å²) in [7, 11) is 1.93. The number of likely N-dealkylation sites (N-methyl/N-ethyl adjacent to an activating group) is 1. The third-order valence-corrected chi connectivity index (χ3v) is 2.87. The van der Waals surface area contributed by atoms with Gasteiger partial charge in [0, 0.05) is 23.7 Å². The van der Waals surface area contributed by atoms with Gasteiger partial charge in [-0.2, -0.15) is 0 Å². The number of aliphatic hydroxyl groups excluding tert-OH is 1. The number of aliphatic hydroxyl groups is 1. The largest absolute Gasteiger partial charge is 0.444 e. The topological polar surface area (TPSA) is 49.5 Å². The molecule has 2 rings (SSSR count). The van der Waals surface area contributed by atoms with Gasteiger partial charge in [0.1, 0.15) is 6.26 Å². The first kappa shape index (κ1) is 14.1. The molecule has 0 saturated carbocycles. The second kappa shape index (κ2) is 6.19. The van der Waals surface area contributed by atoms with Gasteiger partial charge in [-0.25, -0.2) is 4.98 Å². The molecule has 0 radical (unpaired) electrons. The molecule has 0 aliphatic heterocycles. The number of halogens is 1. The van der Waals surface area contributed by atoms with Crippen molar-refractivity contribution in [1.29, 1.82) is 0 Å². The number of aromatic nitrogens is 1. The van der Waals surface area contributed by atoms with E-state index in [0.29, 0.717) is 24.0 Å². The third-order valence-electron chi connectivity index (χ3n) is 2.63. The minimum absolute atomic E-state index is 0.357. The summed E-state index contributed by atoms with van der Waals surface area (Å²) < 4.78 is 5.45. The highest BCUT2D eigenvalue weighted by Gasteiger charge is 2.10. The van der Waals surface area contributed by atoms with Crippen LogP contribution in [0.2, 0.25) is 5.02 Å². The van der Waals surface area contributed by atoms with Gasteiger partial charge in [0.25, 0.3) is 0 Å². The summed E-state index contributed by atoms with van der Waals surface area (Å²) in [4.78, 5) is 6.41. The zero-order valence-electron chi connectivity index (χ0n) is 11.0. The van der Waals surface area contributed by atoms with E-state index in [2.05, 4.69) is 4.98 Å². The van der Waals surface area contributed by atoms with Crippen LogP contribution in [0.3, 0.4) is 0 Å². The Kier molecular flexibility index (Phi) is 4.58. The lowest BCUT2D eigenvalue weighted by molar-refractivity contribution is 0.137. The molecule has 5 heteroatoms. The molecule has 19 heavy (non-hydrogen) atoms. The molecule has 1 aromatic heterocycles. The zero-order chi connectivity index (χ0) is 13.8. The smallest absolute Gasteiger partial charge is 0.226 e. The predicted octanol–water partition coefficient (Wildman–Crippen LogP) is 2.81. The van der Waals surface area contributed by atoms with Crippen molar-refractivity contribution in [3.8, 4) is 11.5 Å². The molecule has 2 aromatic rings. The number of nitrogens with zero attached hydrogens (tertiary/aromatic N) is 2. The van der Waals surface area contributed by atoms with E-state index in [0.717, 1.165) is 11.3 Å². The Bertz CT molecular complexity index is 540. The Balaban J connectivity index is 2.07. The minimum atomic E-state index is -0.357. The molecule has 1 aromatic carbocycles. The molecule has 1 atom stereocenters. The molecule has 1 heterocycles. The van der Waals surface area contributed by atoms with E-state index < -0.39 is 0 Å². The molecule has 102 valence electrons. The molecule has 1 N–H and O–H groups in total. The number of hydrogen-bond donors (Lipinski definition) is 1. The van der Waals surface area contributed by atoms with Gasteiger partial charge in [0.2, 0.25) is 5.89 Å². The van der Waals surface area contributed by atoms with Crippen LogP contribution >= 0.6 is 11.6 Å². The summed E-state index contributed by atoms with van der Waals surface area (Å²) >= 11 is 5.94. The fourth-order valence-electron chi connectivity index (χ4n) is 1.93. The van der Waals surface area contributed by atoms with E-state index in [1.807, 2.05) is 36.2 Å². The summed E-state index contributed by atoms with van der Waals surface area (Å²) in [6.07, 6.45) is 1.28. The molecular formula is C14H17ClN2O2. The van der Waals surface area contributed by atoms with Crippen LogP contribution in [0.15, 0.2) is 34.9 Å². The van der Waals surface area contributed by atoms with Gasteiger partial charge in [-0.3, -0.25) is 4.90 Å². The molecule has 1 unspecified atom stereocenters. The van der Waals surface area contributed by atoms with Crippen molar-refractivity contribution in [2.24, 2.45) is 0 Å². The maximum atomic E-state index is 9.31. The first-order valence-electron chi connectivity index (χ1n) is 6.11. The van der Waals surface area contributed by atoms with Crippen LogP contribution in [0.5, 0.6) is 0 Å². The maximum absolute atomic E-state index is 9.31. The van der Waals surface area contributed by atoms with Crippen LogP contribution in [-0.4, -0.2) is 34.7 Å². The van der Waals surface area contributed by atoms with Crippen molar-refractivity contribution in [1.82, 2.24) is 9.88 Å². The minimum Gasteiger partial charge on any atom is -0.444 e. The zero-order valence-corrected chi connectivity index (χ0v) is 11.8. The molecule has 0 spiro atoms. The molecule has 0 aliphatic carbocycles. The maximum Gasteiger partial charge on any atom is 0.226 e. The molecule has 0 saturated heterocycles. The van der Waals surface area contributed by atoms with E-state index in [4.69, 9.17) is 16.0 Å². The van der Waals surface area contributed by atoms with Gasteiger partial charge in [-0.15, -0.1) is 0 Å². The first-order chi connectivity index (χ1) is 9.04. The molecule has 0 fully saturated rings. The van der Waals surface area contributed by atoms with Gasteiger partial charge in [0.05, 0.1) is 11.8 Å². The Labute approximate surface area is 117 Å². The SMILES string of the molecule is CC(O)CN(C)Cc1coc(-c2cccc(Cl)c2)n1. The van der Waals surface area contributed by atoms with Crippen molar-refractivity contribution in [3.63, 3.8) is 0 Å². The Morgan fingerprint density at radius 3 is 2.95 bits per heavy atom. The van der Waals surface area contributed by atoms with Crippen molar-refractivity contribution in [2.75, 3.05) is 13.6 Å². The average Bonchev–Trinajstić information content (AvgIpc) is 2.76. The molecule has 4 nitrogen and oxygen atoms in total. The van der Waals surface area contributed by atoms with Crippen LogP contribution in [0, 0.1) is 0 Å². The van der Waals surface area contributed by atoms with Gasteiger partial charge >= 0.3 is 0 Å². The van der Waals surface area contributed by atoms with Crippen LogP contribution in [0.1, 0.15) is 12.6 Å². The summed E-state index contributed by atoms with van der Waals surface area (Å²) in [6.45, 7) is 2.99. The number of hydrogen-bond acceptors (Lipinski definition) is 4. The van der Waals surface area contributed by atoms with Crippen molar-refractivity contribution in [2.45, 2.75) is 19.6 Å². The second-order valence-electron chi connectivity index (χ2n) is 4.70. The molecule has 0 amide bonds. The summed E-state index contributed by atoms with van der Waals surface area (Å²) in [5.74, 6) is 0.558. The fraction of sp³-hybridized carbons (Fsp3) is 0.357. The van der Waals surface area contributed by atoms with Gasteiger partial charge in [-0.05, 0) is 32.2 Å². The summed E-state index contributed by atoms with van der Waals surface area (Å²) in [5.41, 5.74) is 1.69. The molecule has 0 aliphatic rings. The molecule has 0 bridgehead atoms. The number of benzene rings is 1.